The molecule has 1 atom stereocenters. The molecule has 1 N–H and O–H groups in total. The Kier molecular flexibility index (Phi) is 5.15. The molecule has 0 unspecified atom stereocenters. The summed E-state index contributed by atoms with van der Waals surface area (Å²) in [6.07, 6.45) is 1.17. The van der Waals surface area contributed by atoms with Gasteiger partial charge in [0.2, 0.25) is 0 Å². The van der Waals surface area contributed by atoms with E-state index in [2.05, 4.69) is 20.9 Å². The Morgan fingerprint density at radius 3 is 2.64 bits per heavy atom. The molecule has 1 aromatic rings. The van der Waals surface area contributed by atoms with Gasteiger partial charge in [-0.15, -0.1) is 11.6 Å². The zero-order valence-electron chi connectivity index (χ0n) is 7.53. The summed E-state index contributed by atoms with van der Waals surface area (Å²) in [6.45, 7) is 0.347. The SMILES string of the molecule is O[C@@H](CCl)C/N=C/c1ccc(Br)cc1. The van der Waals surface area contributed by atoms with Crippen LogP contribution in [0.5, 0.6) is 0 Å². The molecule has 1 rings (SSSR count). The van der Waals surface area contributed by atoms with Crippen molar-refractivity contribution in [2.75, 3.05) is 12.4 Å². The lowest BCUT2D eigenvalue weighted by molar-refractivity contribution is 0.207. The van der Waals surface area contributed by atoms with Gasteiger partial charge in [-0.25, -0.2) is 0 Å². The van der Waals surface area contributed by atoms with Gasteiger partial charge in [0.15, 0.2) is 0 Å². The number of rotatable bonds is 4. The first kappa shape index (κ1) is 11.7. The lowest BCUT2D eigenvalue weighted by atomic mass is 10.2. The highest BCUT2D eigenvalue weighted by Crippen LogP contribution is 2.09. The van der Waals surface area contributed by atoms with Gasteiger partial charge < -0.3 is 5.11 Å². The topological polar surface area (TPSA) is 32.6 Å². The van der Waals surface area contributed by atoms with Crippen LogP contribution in [0.4, 0.5) is 0 Å². The molecule has 1 aromatic carbocycles. The fourth-order valence-electron chi connectivity index (χ4n) is 0.877. The van der Waals surface area contributed by atoms with E-state index in [0.717, 1.165) is 10.0 Å². The largest absolute Gasteiger partial charge is 0.390 e. The first-order chi connectivity index (χ1) is 6.72. The number of benzene rings is 1. The molecule has 0 heterocycles. The first-order valence-electron chi connectivity index (χ1n) is 4.22. The van der Waals surface area contributed by atoms with Gasteiger partial charge in [0.05, 0.1) is 18.5 Å². The van der Waals surface area contributed by atoms with Crippen LogP contribution in [-0.4, -0.2) is 29.8 Å². The number of aliphatic hydroxyl groups excluding tert-OH is 1. The third-order valence-electron chi connectivity index (χ3n) is 1.60. The molecule has 0 radical (unpaired) electrons. The van der Waals surface area contributed by atoms with Gasteiger partial charge in [-0.2, -0.15) is 0 Å². The van der Waals surface area contributed by atoms with E-state index in [4.69, 9.17) is 16.7 Å². The predicted molar refractivity (Wildman–Crippen MR) is 63.3 cm³/mol. The molecular formula is C10H11BrClNO. The highest BCUT2D eigenvalue weighted by molar-refractivity contribution is 9.10. The molecule has 14 heavy (non-hydrogen) atoms. The van der Waals surface area contributed by atoms with Crippen LogP contribution in [0.3, 0.4) is 0 Å². The summed E-state index contributed by atoms with van der Waals surface area (Å²) in [4.78, 5) is 4.07. The van der Waals surface area contributed by atoms with Crippen LogP contribution in [0.25, 0.3) is 0 Å². The van der Waals surface area contributed by atoms with Crippen molar-refractivity contribution < 1.29 is 5.11 Å². The number of aliphatic hydroxyl groups is 1. The quantitative estimate of drug-likeness (QED) is 0.665. The summed E-state index contributed by atoms with van der Waals surface area (Å²) in [7, 11) is 0. The standard InChI is InChI=1S/C10H11BrClNO/c11-9-3-1-8(2-4-9)6-13-7-10(14)5-12/h1-4,6,10,14H,5,7H2/b13-6+/t10-/m0/s1. The van der Waals surface area contributed by atoms with Crippen LogP contribution in [0, 0.1) is 0 Å². The van der Waals surface area contributed by atoms with Crippen LogP contribution >= 0.6 is 27.5 Å². The van der Waals surface area contributed by atoms with Gasteiger partial charge in [0, 0.05) is 10.7 Å². The van der Waals surface area contributed by atoms with Gasteiger partial charge >= 0.3 is 0 Å². The Morgan fingerprint density at radius 2 is 2.07 bits per heavy atom. The van der Waals surface area contributed by atoms with E-state index in [-0.39, 0.29) is 5.88 Å². The molecule has 0 aromatic heterocycles. The van der Waals surface area contributed by atoms with E-state index < -0.39 is 6.10 Å². The summed E-state index contributed by atoms with van der Waals surface area (Å²) >= 11 is 8.77. The average molecular weight is 277 g/mol. The Morgan fingerprint density at radius 1 is 1.43 bits per heavy atom. The molecule has 0 saturated heterocycles. The number of hydrogen-bond donors (Lipinski definition) is 1. The minimum atomic E-state index is -0.552. The zero-order chi connectivity index (χ0) is 10.4. The van der Waals surface area contributed by atoms with Crippen molar-refractivity contribution in [2.45, 2.75) is 6.10 Å². The minimum Gasteiger partial charge on any atom is -0.390 e. The van der Waals surface area contributed by atoms with Crippen molar-refractivity contribution in [3.05, 3.63) is 34.3 Å². The average Bonchev–Trinajstić information content (AvgIpc) is 2.21. The Balaban J connectivity index is 2.48. The van der Waals surface area contributed by atoms with Crippen LogP contribution < -0.4 is 0 Å². The maximum absolute atomic E-state index is 9.13. The lowest BCUT2D eigenvalue weighted by Crippen LogP contribution is -2.12. The van der Waals surface area contributed by atoms with Crippen LogP contribution in [0.2, 0.25) is 0 Å². The van der Waals surface area contributed by atoms with E-state index in [1.165, 1.54) is 0 Å². The molecule has 0 aliphatic heterocycles. The third-order valence-corrected chi connectivity index (χ3v) is 2.49. The van der Waals surface area contributed by atoms with E-state index >= 15 is 0 Å². The maximum Gasteiger partial charge on any atom is 0.0870 e. The highest BCUT2D eigenvalue weighted by Gasteiger charge is 1.97. The van der Waals surface area contributed by atoms with Crippen molar-refractivity contribution >= 4 is 33.7 Å². The zero-order valence-corrected chi connectivity index (χ0v) is 9.87. The Bertz CT molecular complexity index is 299. The smallest absolute Gasteiger partial charge is 0.0870 e. The molecule has 0 aliphatic carbocycles. The molecule has 76 valence electrons. The molecule has 2 nitrogen and oxygen atoms in total. The summed E-state index contributed by atoms with van der Waals surface area (Å²) in [5, 5.41) is 9.13. The fraction of sp³-hybridized carbons (Fsp3) is 0.300. The normalized spacial score (nSPS) is 13.4. The summed E-state index contributed by atoms with van der Waals surface area (Å²) < 4.78 is 1.04. The summed E-state index contributed by atoms with van der Waals surface area (Å²) in [5.74, 6) is 0.220. The van der Waals surface area contributed by atoms with Crippen molar-refractivity contribution in [3.8, 4) is 0 Å². The number of aliphatic imine (C=N–C) groups is 1. The predicted octanol–water partition coefficient (Wildman–Crippen LogP) is 2.47. The Labute approximate surface area is 96.8 Å². The number of alkyl halides is 1. The lowest BCUT2D eigenvalue weighted by Gasteiger charge is -2.00. The van der Waals surface area contributed by atoms with Crippen molar-refractivity contribution in [1.29, 1.82) is 0 Å². The van der Waals surface area contributed by atoms with Gasteiger partial charge in [-0.3, -0.25) is 4.99 Å². The van der Waals surface area contributed by atoms with E-state index in [9.17, 15) is 0 Å². The second kappa shape index (κ2) is 6.17. The molecular weight excluding hydrogens is 265 g/mol. The second-order valence-corrected chi connectivity index (χ2v) is 4.08. The number of halogens is 2. The molecule has 4 heteroatoms. The van der Waals surface area contributed by atoms with Crippen molar-refractivity contribution in [1.82, 2.24) is 0 Å². The van der Waals surface area contributed by atoms with Gasteiger partial charge in [0.25, 0.3) is 0 Å². The van der Waals surface area contributed by atoms with Crippen LogP contribution in [0.15, 0.2) is 33.7 Å². The number of hydrogen-bond acceptors (Lipinski definition) is 2. The van der Waals surface area contributed by atoms with Crippen molar-refractivity contribution in [2.24, 2.45) is 4.99 Å². The number of nitrogens with zero attached hydrogens (tertiary/aromatic N) is 1. The van der Waals surface area contributed by atoms with E-state index in [1.54, 1.807) is 6.21 Å². The van der Waals surface area contributed by atoms with Gasteiger partial charge in [-0.05, 0) is 17.7 Å². The second-order valence-electron chi connectivity index (χ2n) is 2.85. The monoisotopic (exact) mass is 275 g/mol. The third kappa shape index (κ3) is 4.22. The molecule has 0 fully saturated rings. The molecule has 0 bridgehead atoms. The molecule has 0 aliphatic rings. The van der Waals surface area contributed by atoms with Crippen LogP contribution in [-0.2, 0) is 0 Å². The first-order valence-corrected chi connectivity index (χ1v) is 5.54. The molecule has 0 amide bonds. The summed E-state index contributed by atoms with van der Waals surface area (Å²) in [6, 6.07) is 7.78. The van der Waals surface area contributed by atoms with Gasteiger partial charge in [-0.1, -0.05) is 28.1 Å². The minimum absolute atomic E-state index is 0.220. The van der Waals surface area contributed by atoms with Crippen LogP contribution in [0.1, 0.15) is 5.56 Å². The van der Waals surface area contributed by atoms with E-state index in [1.807, 2.05) is 24.3 Å². The highest BCUT2D eigenvalue weighted by atomic mass is 79.9. The molecule has 0 saturated carbocycles. The van der Waals surface area contributed by atoms with Gasteiger partial charge in [0.1, 0.15) is 0 Å². The Hall–Kier alpha value is -0.380. The van der Waals surface area contributed by atoms with Crippen molar-refractivity contribution in [3.63, 3.8) is 0 Å². The molecule has 0 spiro atoms. The fourth-order valence-corrected chi connectivity index (χ4v) is 1.24. The maximum atomic E-state index is 9.13. The van der Waals surface area contributed by atoms with E-state index in [0.29, 0.717) is 6.54 Å². The summed E-state index contributed by atoms with van der Waals surface area (Å²) in [5.41, 5.74) is 1.01.